The topological polar surface area (TPSA) is 25.2 Å². The summed E-state index contributed by atoms with van der Waals surface area (Å²) in [5, 5.41) is 4.78. The van der Waals surface area contributed by atoms with E-state index in [1.165, 1.54) is 5.56 Å². The van der Waals surface area contributed by atoms with Crippen molar-refractivity contribution in [1.29, 1.82) is 0 Å². The van der Waals surface area contributed by atoms with Gasteiger partial charge < -0.3 is 9.73 Å². The van der Waals surface area contributed by atoms with Gasteiger partial charge in [-0.1, -0.05) is 53.5 Å². The van der Waals surface area contributed by atoms with Crippen LogP contribution in [0, 0.1) is 0 Å². The Kier molecular flexibility index (Phi) is 6.19. The fourth-order valence-corrected chi connectivity index (χ4v) is 3.09. The molecule has 0 bridgehead atoms. The fraction of sp³-hybridized carbons (Fsp3) is 0.238. The molecule has 0 spiro atoms. The zero-order valence-corrected chi connectivity index (χ0v) is 15.6. The van der Waals surface area contributed by atoms with Crippen LogP contribution >= 0.6 is 23.2 Å². The fourth-order valence-electron chi connectivity index (χ4n) is 2.71. The molecule has 1 atom stereocenters. The number of hydrogen-bond acceptors (Lipinski definition) is 2. The first-order valence-electron chi connectivity index (χ1n) is 8.43. The summed E-state index contributed by atoms with van der Waals surface area (Å²) in [6.45, 7) is 2.88. The first-order chi connectivity index (χ1) is 12.1. The SMILES string of the molecule is C[C@H](CCc1ccccc1)NCc1ccc(-c2cc(Cl)ccc2Cl)o1. The van der Waals surface area contributed by atoms with Gasteiger partial charge in [-0.25, -0.2) is 0 Å². The summed E-state index contributed by atoms with van der Waals surface area (Å²) >= 11 is 12.3. The van der Waals surface area contributed by atoms with Crippen molar-refractivity contribution in [3.63, 3.8) is 0 Å². The zero-order valence-electron chi connectivity index (χ0n) is 14.1. The molecule has 0 aliphatic carbocycles. The lowest BCUT2D eigenvalue weighted by Crippen LogP contribution is -2.25. The molecule has 1 N–H and O–H groups in total. The molecule has 0 aliphatic heterocycles. The van der Waals surface area contributed by atoms with Crippen molar-refractivity contribution in [2.45, 2.75) is 32.4 Å². The highest BCUT2D eigenvalue weighted by molar-refractivity contribution is 6.35. The van der Waals surface area contributed by atoms with E-state index in [0.717, 1.165) is 29.9 Å². The van der Waals surface area contributed by atoms with E-state index in [4.69, 9.17) is 27.6 Å². The maximum Gasteiger partial charge on any atom is 0.135 e. The molecule has 1 aromatic heterocycles. The van der Waals surface area contributed by atoms with Crippen molar-refractivity contribution in [3.05, 3.63) is 82.0 Å². The van der Waals surface area contributed by atoms with Crippen molar-refractivity contribution < 1.29 is 4.42 Å². The van der Waals surface area contributed by atoms with Crippen LogP contribution in [-0.2, 0) is 13.0 Å². The minimum atomic E-state index is 0.406. The van der Waals surface area contributed by atoms with Crippen molar-refractivity contribution in [2.75, 3.05) is 0 Å². The van der Waals surface area contributed by atoms with E-state index in [2.05, 4.69) is 36.5 Å². The average Bonchev–Trinajstić information content (AvgIpc) is 3.10. The first-order valence-corrected chi connectivity index (χ1v) is 9.19. The van der Waals surface area contributed by atoms with E-state index in [9.17, 15) is 0 Å². The van der Waals surface area contributed by atoms with Crippen LogP contribution in [0.4, 0.5) is 0 Å². The molecule has 0 saturated heterocycles. The molecule has 4 heteroatoms. The van der Waals surface area contributed by atoms with E-state index in [-0.39, 0.29) is 0 Å². The molecule has 3 rings (SSSR count). The van der Waals surface area contributed by atoms with Gasteiger partial charge in [-0.15, -0.1) is 0 Å². The summed E-state index contributed by atoms with van der Waals surface area (Å²) in [5.41, 5.74) is 2.18. The molecule has 25 heavy (non-hydrogen) atoms. The number of furan rings is 1. The van der Waals surface area contributed by atoms with Crippen molar-refractivity contribution in [1.82, 2.24) is 5.32 Å². The molecular formula is C21H21Cl2NO. The third-order valence-corrected chi connectivity index (χ3v) is 4.75. The third-order valence-electron chi connectivity index (χ3n) is 4.19. The van der Waals surface area contributed by atoms with Crippen molar-refractivity contribution in [2.24, 2.45) is 0 Å². The standard InChI is InChI=1S/C21H21Cl2NO/c1-15(7-8-16-5-3-2-4-6-16)24-14-18-10-12-21(25-18)19-13-17(22)9-11-20(19)23/h2-6,9-13,15,24H,7-8,14H2,1H3/t15-/m1/s1. The molecular weight excluding hydrogens is 353 g/mol. The third kappa shape index (κ3) is 5.12. The molecule has 3 aromatic rings. The van der Waals surface area contributed by atoms with Crippen LogP contribution < -0.4 is 5.32 Å². The van der Waals surface area contributed by atoms with E-state index in [0.29, 0.717) is 22.6 Å². The number of nitrogens with one attached hydrogen (secondary N) is 1. The molecule has 2 aromatic carbocycles. The number of rotatable bonds is 7. The molecule has 0 radical (unpaired) electrons. The summed E-state index contributed by atoms with van der Waals surface area (Å²) < 4.78 is 5.91. The van der Waals surface area contributed by atoms with Gasteiger partial charge in [-0.3, -0.25) is 0 Å². The van der Waals surface area contributed by atoms with Gasteiger partial charge in [0.05, 0.1) is 11.6 Å². The number of aryl methyl sites for hydroxylation is 1. The van der Waals surface area contributed by atoms with Gasteiger partial charge in [0.1, 0.15) is 11.5 Å². The minimum Gasteiger partial charge on any atom is -0.460 e. The van der Waals surface area contributed by atoms with Gasteiger partial charge in [0, 0.05) is 16.6 Å². The zero-order chi connectivity index (χ0) is 17.6. The van der Waals surface area contributed by atoms with Gasteiger partial charge in [0.25, 0.3) is 0 Å². The average molecular weight is 374 g/mol. The monoisotopic (exact) mass is 373 g/mol. The van der Waals surface area contributed by atoms with Crippen LogP contribution in [0.25, 0.3) is 11.3 Å². The van der Waals surface area contributed by atoms with E-state index >= 15 is 0 Å². The smallest absolute Gasteiger partial charge is 0.135 e. The summed E-state index contributed by atoms with van der Waals surface area (Å²) in [4.78, 5) is 0. The van der Waals surface area contributed by atoms with Crippen LogP contribution in [0.15, 0.2) is 65.1 Å². The number of hydrogen-bond donors (Lipinski definition) is 1. The van der Waals surface area contributed by atoms with E-state index in [1.54, 1.807) is 12.1 Å². The summed E-state index contributed by atoms with van der Waals surface area (Å²) in [6.07, 6.45) is 2.15. The normalized spacial score (nSPS) is 12.3. The Bertz CT molecular complexity index is 814. The molecule has 0 saturated carbocycles. The second-order valence-corrected chi connectivity index (χ2v) is 7.04. The molecule has 1 heterocycles. The predicted molar refractivity (Wildman–Crippen MR) is 105 cm³/mol. The lowest BCUT2D eigenvalue weighted by Gasteiger charge is -2.12. The second-order valence-electron chi connectivity index (χ2n) is 6.20. The Morgan fingerprint density at radius 3 is 2.60 bits per heavy atom. The Morgan fingerprint density at radius 2 is 1.80 bits per heavy atom. The van der Waals surface area contributed by atoms with Crippen molar-refractivity contribution in [3.8, 4) is 11.3 Å². The van der Waals surface area contributed by atoms with Gasteiger partial charge in [0.2, 0.25) is 0 Å². The molecule has 130 valence electrons. The lowest BCUT2D eigenvalue weighted by molar-refractivity contribution is 0.449. The molecule has 0 fully saturated rings. The Morgan fingerprint density at radius 1 is 1.00 bits per heavy atom. The Balaban J connectivity index is 1.54. The van der Waals surface area contributed by atoms with E-state index in [1.807, 2.05) is 24.3 Å². The van der Waals surface area contributed by atoms with Crippen LogP contribution in [0.2, 0.25) is 10.0 Å². The number of halogens is 2. The lowest BCUT2D eigenvalue weighted by atomic mass is 10.1. The molecule has 2 nitrogen and oxygen atoms in total. The quantitative estimate of drug-likeness (QED) is 0.520. The molecule has 0 unspecified atom stereocenters. The highest BCUT2D eigenvalue weighted by atomic mass is 35.5. The van der Waals surface area contributed by atoms with Gasteiger partial charge >= 0.3 is 0 Å². The molecule has 0 aliphatic rings. The summed E-state index contributed by atoms with van der Waals surface area (Å²) in [6, 6.07) is 20.2. The second kappa shape index (κ2) is 8.57. The van der Waals surface area contributed by atoms with Crippen LogP contribution in [0.5, 0.6) is 0 Å². The van der Waals surface area contributed by atoms with E-state index < -0.39 is 0 Å². The van der Waals surface area contributed by atoms with Crippen molar-refractivity contribution >= 4 is 23.2 Å². The van der Waals surface area contributed by atoms with Crippen LogP contribution in [0.3, 0.4) is 0 Å². The van der Waals surface area contributed by atoms with Crippen LogP contribution in [0.1, 0.15) is 24.7 Å². The van der Waals surface area contributed by atoms with Gasteiger partial charge in [-0.05, 0) is 55.7 Å². The maximum absolute atomic E-state index is 6.23. The van der Waals surface area contributed by atoms with Crippen LogP contribution in [-0.4, -0.2) is 6.04 Å². The van der Waals surface area contributed by atoms with Gasteiger partial charge in [-0.2, -0.15) is 0 Å². The highest BCUT2D eigenvalue weighted by Gasteiger charge is 2.10. The molecule has 0 amide bonds. The Hall–Kier alpha value is -1.74. The minimum absolute atomic E-state index is 0.406. The summed E-state index contributed by atoms with van der Waals surface area (Å²) in [5.74, 6) is 1.62. The first kappa shape index (κ1) is 18.1. The highest BCUT2D eigenvalue weighted by Crippen LogP contribution is 2.31. The summed E-state index contributed by atoms with van der Waals surface area (Å²) in [7, 11) is 0. The largest absolute Gasteiger partial charge is 0.460 e. The van der Waals surface area contributed by atoms with Gasteiger partial charge in [0.15, 0.2) is 0 Å². The Labute approximate surface area is 158 Å². The number of benzene rings is 2. The maximum atomic E-state index is 6.23. The predicted octanol–water partition coefficient (Wildman–Crippen LogP) is 6.36.